The molecule has 146 valence electrons. The van der Waals surface area contributed by atoms with E-state index in [1.54, 1.807) is 40.4 Å². The van der Waals surface area contributed by atoms with Crippen LogP contribution in [0.3, 0.4) is 0 Å². The number of rotatable bonds is 9. The number of carbonyl (C=O) groups excluding carboxylic acids is 1. The number of amides is 1. The van der Waals surface area contributed by atoms with Gasteiger partial charge in [-0.25, -0.2) is 0 Å². The maximum absolute atomic E-state index is 12.2. The van der Waals surface area contributed by atoms with Gasteiger partial charge in [-0.1, -0.05) is 18.2 Å². The lowest BCUT2D eigenvalue weighted by atomic mass is 9.96. The van der Waals surface area contributed by atoms with Crippen molar-refractivity contribution in [3.05, 3.63) is 53.6 Å². The van der Waals surface area contributed by atoms with Crippen LogP contribution in [0.4, 0.5) is 0 Å². The van der Waals surface area contributed by atoms with Crippen molar-refractivity contribution in [3.63, 3.8) is 0 Å². The van der Waals surface area contributed by atoms with Crippen molar-refractivity contribution in [2.24, 2.45) is 0 Å². The van der Waals surface area contributed by atoms with Gasteiger partial charge in [0.2, 0.25) is 5.91 Å². The van der Waals surface area contributed by atoms with Gasteiger partial charge in [-0.05, 0) is 42.3 Å². The van der Waals surface area contributed by atoms with Crippen LogP contribution in [0.1, 0.15) is 18.1 Å². The van der Waals surface area contributed by atoms with Gasteiger partial charge in [0.15, 0.2) is 11.5 Å². The molecule has 1 amide bonds. The average molecular weight is 373 g/mol. The highest BCUT2D eigenvalue weighted by Gasteiger charge is 2.22. The van der Waals surface area contributed by atoms with Crippen LogP contribution in [0, 0.1) is 0 Å². The number of carbonyl (C=O) groups is 1. The molecule has 0 saturated heterocycles. The highest BCUT2D eigenvalue weighted by molar-refractivity contribution is 5.78. The zero-order chi connectivity index (χ0) is 19.9. The van der Waals surface area contributed by atoms with Gasteiger partial charge < -0.3 is 24.6 Å². The first-order valence-electron chi connectivity index (χ1n) is 8.70. The van der Waals surface area contributed by atoms with Crippen molar-refractivity contribution in [1.82, 2.24) is 5.32 Å². The van der Waals surface area contributed by atoms with Crippen molar-refractivity contribution in [2.75, 3.05) is 27.9 Å². The fourth-order valence-corrected chi connectivity index (χ4v) is 2.77. The molecular formula is C21H27NO5. The van der Waals surface area contributed by atoms with E-state index in [9.17, 15) is 9.90 Å². The quantitative estimate of drug-likeness (QED) is 0.706. The van der Waals surface area contributed by atoms with E-state index in [4.69, 9.17) is 14.2 Å². The summed E-state index contributed by atoms with van der Waals surface area (Å²) >= 11 is 0. The minimum Gasteiger partial charge on any atom is -0.497 e. The number of benzene rings is 2. The lowest BCUT2D eigenvalue weighted by Gasteiger charge is -2.24. The number of hydrogen-bond acceptors (Lipinski definition) is 5. The number of aliphatic hydroxyl groups is 1. The zero-order valence-corrected chi connectivity index (χ0v) is 16.2. The molecule has 2 aromatic carbocycles. The second kappa shape index (κ2) is 9.28. The summed E-state index contributed by atoms with van der Waals surface area (Å²) in [6.45, 7) is 1.86. The molecule has 0 aromatic heterocycles. The van der Waals surface area contributed by atoms with Crippen molar-refractivity contribution in [2.45, 2.75) is 25.4 Å². The molecule has 0 fully saturated rings. The summed E-state index contributed by atoms with van der Waals surface area (Å²) in [5.74, 6) is 1.79. The van der Waals surface area contributed by atoms with Crippen LogP contribution in [-0.2, 0) is 17.6 Å². The monoisotopic (exact) mass is 373 g/mol. The van der Waals surface area contributed by atoms with Crippen LogP contribution in [-0.4, -0.2) is 44.5 Å². The Hall–Kier alpha value is -2.73. The third-order valence-electron chi connectivity index (χ3n) is 4.22. The first-order chi connectivity index (χ1) is 12.9. The molecular weight excluding hydrogens is 346 g/mol. The van der Waals surface area contributed by atoms with E-state index in [1.165, 1.54) is 0 Å². The molecule has 2 N–H and O–H groups in total. The first kappa shape index (κ1) is 20.6. The second-order valence-electron chi connectivity index (χ2n) is 6.66. The normalized spacial score (nSPS) is 12.8. The van der Waals surface area contributed by atoms with Gasteiger partial charge in [0.1, 0.15) is 5.75 Å². The van der Waals surface area contributed by atoms with E-state index in [-0.39, 0.29) is 18.9 Å². The molecule has 0 aliphatic carbocycles. The predicted molar refractivity (Wildman–Crippen MR) is 104 cm³/mol. The molecule has 2 rings (SSSR count). The van der Waals surface area contributed by atoms with E-state index in [1.807, 2.05) is 30.3 Å². The average Bonchev–Trinajstić information content (AvgIpc) is 2.66. The molecule has 0 radical (unpaired) electrons. The minimum atomic E-state index is -1.05. The maximum atomic E-state index is 12.2. The summed E-state index contributed by atoms with van der Waals surface area (Å²) in [4.78, 5) is 12.2. The minimum absolute atomic E-state index is 0.158. The molecule has 0 saturated carbocycles. The summed E-state index contributed by atoms with van der Waals surface area (Å²) in [6.07, 6.45) is 0.618. The Labute approximate surface area is 160 Å². The number of ether oxygens (including phenoxy) is 3. The lowest BCUT2D eigenvalue weighted by Crippen LogP contribution is -2.42. The summed E-state index contributed by atoms with van der Waals surface area (Å²) in [5.41, 5.74) is 0.719. The Balaban J connectivity index is 1.89. The fraction of sp³-hybridized carbons (Fsp3) is 0.381. The van der Waals surface area contributed by atoms with Crippen LogP contribution in [0.2, 0.25) is 0 Å². The van der Waals surface area contributed by atoms with Gasteiger partial charge in [0.05, 0.1) is 33.4 Å². The topological polar surface area (TPSA) is 77.0 Å². The van der Waals surface area contributed by atoms with Crippen LogP contribution in [0.15, 0.2) is 42.5 Å². The Bertz CT molecular complexity index is 756. The molecule has 1 unspecified atom stereocenters. The molecule has 2 aromatic rings. The maximum Gasteiger partial charge on any atom is 0.224 e. The van der Waals surface area contributed by atoms with Crippen molar-refractivity contribution in [1.29, 1.82) is 0 Å². The predicted octanol–water partition coefficient (Wildman–Crippen LogP) is 2.36. The fourth-order valence-electron chi connectivity index (χ4n) is 2.77. The summed E-state index contributed by atoms with van der Waals surface area (Å²) in [7, 11) is 4.73. The Morgan fingerprint density at radius 1 is 0.963 bits per heavy atom. The van der Waals surface area contributed by atoms with E-state index < -0.39 is 5.60 Å². The van der Waals surface area contributed by atoms with Crippen LogP contribution < -0.4 is 19.5 Å². The molecule has 0 bridgehead atoms. The third-order valence-corrected chi connectivity index (χ3v) is 4.22. The van der Waals surface area contributed by atoms with E-state index in [0.717, 1.165) is 16.9 Å². The summed E-state index contributed by atoms with van der Waals surface area (Å²) in [5, 5.41) is 13.4. The zero-order valence-electron chi connectivity index (χ0n) is 16.2. The molecule has 6 heteroatoms. The summed E-state index contributed by atoms with van der Waals surface area (Å²) in [6, 6.07) is 12.9. The van der Waals surface area contributed by atoms with Crippen molar-refractivity contribution >= 4 is 5.91 Å². The molecule has 1 atom stereocenters. The van der Waals surface area contributed by atoms with Crippen LogP contribution >= 0.6 is 0 Å². The van der Waals surface area contributed by atoms with Crippen molar-refractivity contribution < 1.29 is 24.1 Å². The van der Waals surface area contributed by atoms with Gasteiger partial charge in [-0.3, -0.25) is 4.79 Å². The van der Waals surface area contributed by atoms with E-state index in [0.29, 0.717) is 17.9 Å². The largest absolute Gasteiger partial charge is 0.497 e. The van der Waals surface area contributed by atoms with Crippen LogP contribution in [0.5, 0.6) is 17.2 Å². The summed E-state index contributed by atoms with van der Waals surface area (Å²) < 4.78 is 15.6. The highest BCUT2D eigenvalue weighted by atomic mass is 16.5. The molecule has 0 heterocycles. The smallest absolute Gasteiger partial charge is 0.224 e. The van der Waals surface area contributed by atoms with Gasteiger partial charge in [0, 0.05) is 13.0 Å². The number of methoxy groups -OCH3 is 3. The van der Waals surface area contributed by atoms with Crippen molar-refractivity contribution in [3.8, 4) is 17.2 Å². The van der Waals surface area contributed by atoms with Gasteiger partial charge in [0.25, 0.3) is 0 Å². The number of hydrogen-bond donors (Lipinski definition) is 2. The molecule has 27 heavy (non-hydrogen) atoms. The molecule has 0 aliphatic rings. The lowest BCUT2D eigenvalue weighted by molar-refractivity contribution is -0.121. The second-order valence-corrected chi connectivity index (χ2v) is 6.66. The molecule has 6 nitrogen and oxygen atoms in total. The van der Waals surface area contributed by atoms with E-state index >= 15 is 0 Å². The Morgan fingerprint density at radius 3 is 2.19 bits per heavy atom. The van der Waals surface area contributed by atoms with Crippen LogP contribution in [0.25, 0.3) is 0 Å². The SMILES string of the molecule is COc1ccc(CC(C)(O)CNC(=O)Cc2ccc(OC)c(OC)c2)cc1. The standard InChI is InChI=1S/C21H27NO5/c1-21(24,13-15-5-8-17(25-2)9-6-15)14-22-20(23)12-16-7-10-18(26-3)19(11-16)27-4/h5-11,24H,12-14H2,1-4H3,(H,22,23). The van der Waals surface area contributed by atoms with Gasteiger partial charge in [-0.2, -0.15) is 0 Å². The number of nitrogens with one attached hydrogen (secondary N) is 1. The highest BCUT2D eigenvalue weighted by Crippen LogP contribution is 2.27. The van der Waals surface area contributed by atoms with Gasteiger partial charge in [-0.15, -0.1) is 0 Å². The third kappa shape index (κ3) is 6.18. The first-order valence-corrected chi connectivity index (χ1v) is 8.70. The van der Waals surface area contributed by atoms with E-state index in [2.05, 4.69) is 5.32 Å². The Morgan fingerprint density at radius 2 is 1.59 bits per heavy atom. The Kier molecular flexibility index (Phi) is 7.07. The molecule has 0 aliphatic heterocycles. The van der Waals surface area contributed by atoms with Gasteiger partial charge >= 0.3 is 0 Å². The molecule has 0 spiro atoms.